The molecule has 0 bridgehead atoms. The zero-order chi connectivity index (χ0) is 22.0. The number of carbonyl (C=O) groups excluding carboxylic acids is 1. The minimum absolute atomic E-state index is 0. The number of nitrogens with one attached hydrogen (secondary N) is 2. The van der Waals surface area contributed by atoms with Gasteiger partial charge >= 0.3 is 0 Å². The van der Waals surface area contributed by atoms with E-state index < -0.39 is 11.7 Å². The standard InChI is InChI=1S/C21H18ClFN6O2.H2O.4H2/c1-11(12-3-2-4-14(5-12)31-10-18(24)30)28-21-17(23)9-27-20(29-21)16-8-26-19-15(16)6-13(22)7-25-19;;;;;/h2-9,11H,10H2,1H3,(H2,24,30)(H,25,26)(H,27,28,29);1H2;4*1H/t11-;;;;;/m0...../s1. The molecule has 1 amide bonds. The molecule has 6 N–H and O–H groups in total. The Balaban J connectivity index is 0. The van der Waals surface area contributed by atoms with Crippen molar-refractivity contribution in [2.45, 2.75) is 13.0 Å². The highest BCUT2D eigenvalue weighted by Crippen LogP contribution is 2.29. The summed E-state index contributed by atoms with van der Waals surface area (Å²) < 4.78 is 19.8. The molecule has 3 aromatic heterocycles. The van der Waals surface area contributed by atoms with E-state index in [1.165, 1.54) is 6.20 Å². The maximum absolute atomic E-state index is 14.4. The van der Waals surface area contributed by atoms with Gasteiger partial charge in [-0.25, -0.2) is 19.3 Å². The smallest absolute Gasteiger partial charge is 0.255 e. The van der Waals surface area contributed by atoms with Crippen molar-refractivity contribution in [1.29, 1.82) is 0 Å². The number of halogens is 2. The summed E-state index contributed by atoms with van der Waals surface area (Å²) in [6, 6.07) is 8.51. The third-order valence-electron chi connectivity index (χ3n) is 4.58. The third kappa shape index (κ3) is 4.93. The van der Waals surface area contributed by atoms with Crippen LogP contribution in [0, 0.1) is 5.82 Å². The quantitative estimate of drug-likeness (QED) is 0.374. The van der Waals surface area contributed by atoms with Gasteiger partial charge in [0.2, 0.25) is 0 Å². The number of primary amides is 1. The minimum Gasteiger partial charge on any atom is -0.484 e. The van der Waals surface area contributed by atoms with Gasteiger partial charge < -0.3 is 26.2 Å². The van der Waals surface area contributed by atoms with Crippen molar-refractivity contribution in [3.8, 4) is 17.1 Å². The highest BCUT2D eigenvalue weighted by Gasteiger charge is 2.16. The molecule has 0 saturated carbocycles. The number of aromatic amines is 1. The molecule has 32 heavy (non-hydrogen) atoms. The molecule has 4 rings (SSSR count). The molecule has 0 aliphatic rings. The fourth-order valence-corrected chi connectivity index (χ4v) is 3.24. The normalized spacial score (nSPS) is 11.6. The number of H-pyrrole nitrogens is 1. The second kappa shape index (κ2) is 9.58. The van der Waals surface area contributed by atoms with Gasteiger partial charge in [-0.2, -0.15) is 0 Å². The lowest BCUT2D eigenvalue weighted by molar-refractivity contribution is -0.119. The highest BCUT2D eigenvalue weighted by atomic mass is 35.5. The number of hydrogen-bond donors (Lipinski definition) is 3. The molecule has 9 nitrogen and oxygen atoms in total. The molecule has 174 valence electrons. The van der Waals surface area contributed by atoms with Gasteiger partial charge in [0.15, 0.2) is 24.1 Å². The molecule has 0 saturated heterocycles. The first-order chi connectivity index (χ1) is 14.9. The Bertz CT molecular complexity index is 1280. The molecule has 1 aromatic carbocycles. The average molecular weight is 467 g/mol. The van der Waals surface area contributed by atoms with Gasteiger partial charge in [0.05, 0.1) is 17.3 Å². The zero-order valence-electron chi connectivity index (χ0n) is 16.9. The van der Waals surface area contributed by atoms with E-state index in [1.807, 2.05) is 13.0 Å². The van der Waals surface area contributed by atoms with Crippen LogP contribution in [0.2, 0.25) is 5.02 Å². The van der Waals surface area contributed by atoms with Crippen molar-refractivity contribution < 1.29 is 25.1 Å². The highest BCUT2D eigenvalue weighted by molar-refractivity contribution is 6.31. The Labute approximate surface area is 193 Å². The lowest BCUT2D eigenvalue weighted by Crippen LogP contribution is -2.20. The van der Waals surface area contributed by atoms with E-state index in [4.69, 9.17) is 22.1 Å². The maximum atomic E-state index is 14.4. The number of pyridine rings is 1. The van der Waals surface area contributed by atoms with Crippen LogP contribution in [-0.2, 0) is 4.79 Å². The van der Waals surface area contributed by atoms with Crippen LogP contribution in [0.3, 0.4) is 0 Å². The summed E-state index contributed by atoms with van der Waals surface area (Å²) in [5, 5.41) is 4.26. The number of hydrogen-bond acceptors (Lipinski definition) is 6. The monoisotopic (exact) mass is 466 g/mol. The van der Waals surface area contributed by atoms with E-state index in [0.717, 1.165) is 17.1 Å². The Hall–Kier alpha value is -3.76. The third-order valence-corrected chi connectivity index (χ3v) is 4.78. The number of benzene rings is 1. The molecule has 1 atom stereocenters. The number of anilines is 1. The van der Waals surface area contributed by atoms with Crippen molar-refractivity contribution in [1.82, 2.24) is 19.9 Å². The molecule has 4 aromatic rings. The first kappa shape index (κ1) is 22.9. The van der Waals surface area contributed by atoms with Crippen molar-refractivity contribution in [2.24, 2.45) is 5.73 Å². The lowest BCUT2D eigenvalue weighted by Gasteiger charge is -2.17. The summed E-state index contributed by atoms with van der Waals surface area (Å²) in [7, 11) is 0. The Kier molecular flexibility index (Phi) is 6.86. The van der Waals surface area contributed by atoms with E-state index in [9.17, 15) is 9.18 Å². The number of amides is 1. The van der Waals surface area contributed by atoms with E-state index in [0.29, 0.717) is 27.8 Å². The van der Waals surface area contributed by atoms with Crippen LogP contribution in [0.4, 0.5) is 10.2 Å². The summed E-state index contributed by atoms with van der Waals surface area (Å²) in [6.45, 7) is 1.63. The predicted molar refractivity (Wildman–Crippen MR) is 127 cm³/mol. The topological polar surface area (TPSA) is 150 Å². The van der Waals surface area contributed by atoms with Crippen LogP contribution in [0.15, 0.2) is 48.9 Å². The van der Waals surface area contributed by atoms with Crippen LogP contribution < -0.4 is 15.8 Å². The van der Waals surface area contributed by atoms with Gasteiger partial charge in [0, 0.05) is 29.0 Å². The average Bonchev–Trinajstić information content (AvgIpc) is 3.17. The fraction of sp³-hybridized carbons (Fsp3) is 0.143. The molecule has 0 aliphatic heterocycles. The Morgan fingerprint density at radius 3 is 2.94 bits per heavy atom. The second-order valence-electron chi connectivity index (χ2n) is 6.84. The SMILES string of the molecule is C[C@H](Nc1nc(-c2c[nH]c3ncc(Cl)cc23)ncc1F)c1cccc(OCC(N)=O)c1.O.[HH].[HH].[HH].[HH]. The van der Waals surface area contributed by atoms with Gasteiger partial charge in [0.25, 0.3) is 5.91 Å². The van der Waals surface area contributed by atoms with Gasteiger partial charge in [-0.1, -0.05) is 23.7 Å². The summed E-state index contributed by atoms with van der Waals surface area (Å²) in [5.74, 6) is -0.305. The summed E-state index contributed by atoms with van der Waals surface area (Å²) >= 11 is 6.06. The van der Waals surface area contributed by atoms with Crippen LogP contribution >= 0.6 is 11.6 Å². The number of carbonyl (C=O) groups is 1. The predicted octanol–water partition coefficient (Wildman–Crippen LogP) is 4.01. The first-order valence-corrected chi connectivity index (χ1v) is 9.71. The second-order valence-corrected chi connectivity index (χ2v) is 7.27. The van der Waals surface area contributed by atoms with Crippen molar-refractivity contribution in [2.75, 3.05) is 11.9 Å². The van der Waals surface area contributed by atoms with Crippen LogP contribution in [0.25, 0.3) is 22.4 Å². The molecule has 0 fully saturated rings. The van der Waals surface area contributed by atoms with Crippen molar-refractivity contribution >= 4 is 34.4 Å². The molecule has 0 unspecified atom stereocenters. The van der Waals surface area contributed by atoms with Crippen molar-refractivity contribution in [3.63, 3.8) is 0 Å². The lowest BCUT2D eigenvalue weighted by atomic mass is 10.1. The van der Waals surface area contributed by atoms with Crippen LogP contribution in [0.5, 0.6) is 5.75 Å². The Morgan fingerprint density at radius 1 is 1.34 bits per heavy atom. The van der Waals surface area contributed by atoms with E-state index >= 15 is 0 Å². The largest absolute Gasteiger partial charge is 0.484 e. The molecule has 0 aliphatic carbocycles. The van der Waals surface area contributed by atoms with E-state index in [2.05, 4.69) is 25.3 Å². The minimum atomic E-state index is -0.590. The van der Waals surface area contributed by atoms with Crippen LogP contribution in [0.1, 0.15) is 24.2 Å². The summed E-state index contributed by atoms with van der Waals surface area (Å²) in [4.78, 5) is 26.6. The number of rotatable bonds is 7. The van der Waals surface area contributed by atoms with Crippen LogP contribution in [-0.4, -0.2) is 37.9 Å². The number of nitrogens with zero attached hydrogens (tertiary/aromatic N) is 3. The Morgan fingerprint density at radius 2 is 2.16 bits per heavy atom. The molecular formula is C21H28ClFN6O3. The van der Waals surface area contributed by atoms with Gasteiger partial charge in [-0.05, 0) is 30.7 Å². The molecule has 0 radical (unpaired) electrons. The zero-order valence-corrected chi connectivity index (χ0v) is 17.7. The summed E-state index contributed by atoms with van der Waals surface area (Å²) in [5.41, 5.74) is 7.20. The van der Waals surface area contributed by atoms with Crippen molar-refractivity contribution in [3.05, 3.63) is 65.3 Å². The molecule has 3 heterocycles. The maximum Gasteiger partial charge on any atom is 0.255 e. The number of aromatic nitrogens is 4. The van der Waals surface area contributed by atoms with Gasteiger partial charge in [-0.3, -0.25) is 4.79 Å². The molecule has 0 spiro atoms. The van der Waals surface area contributed by atoms with E-state index in [-0.39, 0.29) is 29.6 Å². The number of ether oxygens (including phenoxy) is 1. The first-order valence-electron chi connectivity index (χ1n) is 9.34. The van der Waals surface area contributed by atoms with Gasteiger partial charge in [-0.15, -0.1) is 0 Å². The number of nitrogens with two attached hydrogens (primary N) is 1. The molecule has 11 heteroatoms. The number of fused-ring (bicyclic) bond motifs is 1. The fourth-order valence-electron chi connectivity index (χ4n) is 3.08. The molecular weight excluding hydrogens is 439 g/mol. The summed E-state index contributed by atoms with van der Waals surface area (Å²) in [6.07, 6.45) is 4.35. The van der Waals surface area contributed by atoms with E-state index in [1.54, 1.807) is 30.5 Å². The van der Waals surface area contributed by atoms with Gasteiger partial charge in [0.1, 0.15) is 11.4 Å².